The molecule has 0 saturated carbocycles. The third-order valence-corrected chi connectivity index (χ3v) is 5.43. The first-order valence-corrected chi connectivity index (χ1v) is 10.7. The molecular formula is C22H24FN3O3S. The smallest absolute Gasteiger partial charge is 0.226 e. The second kappa shape index (κ2) is 11.3. The summed E-state index contributed by atoms with van der Waals surface area (Å²) in [5.41, 5.74) is 0.849. The molecule has 0 bridgehead atoms. The molecule has 8 heteroatoms. The molecule has 1 N–H and O–H groups in total. The van der Waals surface area contributed by atoms with E-state index in [1.54, 1.807) is 31.0 Å². The van der Waals surface area contributed by atoms with Crippen molar-refractivity contribution in [3.8, 4) is 17.1 Å². The Morgan fingerprint density at radius 2 is 1.90 bits per heavy atom. The number of aromatic nitrogens is 2. The van der Waals surface area contributed by atoms with Crippen molar-refractivity contribution in [3.63, 3.8) is 0 Å². The largest absolute Gasteiger partial charge is 0.497 e. The Balaban J connectivity index is 1.30. The van der Waals surface area contributed by atoms with Gasteiger partial charge >= 0.3 is 0 Å². The summed E-state index contributed by atoms with van der Waals surface area (Å²) in [7, 11) is 1.62. The first-order valence-electron chi connectivity index (χ1n) is 9.76. The van der Waals surface area contributed by atoms with E-state index in [1.807, 2.05) is 24.3 Å². The molecule has 3 aromatic rings. The molecule has 0 atom stereocenters. The van der Waals surface area contributed by atoms with E-state index in [0.717, 1.165) is 28.4 Å². The SMILES string of the molecule is COc1ccc(-c2noc(CCCC(=O)NCCCSc3ccc(F)cc3)n2)cc1. The Labute approximate surface area is 179 Å². The van der Waals surface area contributed by atoms with Crippen molar-refractivity contribution in [1.82, 2.24) is 15.5 Å². The lowest BCUT2D eigenvalue weighted by molar-refractivity contribution is -0.121. The number of methoxy groups -OCH3 is 1. The highest BCUT2D eigenvalue weighted by Gasteiger charge is 2.10. The zero-order valence-electron chi connectivity index (χ0n) is 16.8. The number of halogens is 1. The van der Waals surface area contributed by atoms with Gasteiger partial charge in [-0.3, -0.25) is 4.79 Å². The molecule has 1 amide bonds. The first-order chi connectivity index (χ1) is 14.6. The van der Waals surface area contributed by atoms with Gasteiger partial charge in [-0.1, -0.05) is 5.16 Å². The van der Waals surface area contributed by atoms with Crippen LogP contribution in [0.5, 0.6) is 5.75 Å². The van der Waals surface area contributed by atoms with Crippen LogP contribution >= 0.6 is 11.8 Å². The van der Waals surface area contributed by atoms with Crippen molar-refractivity contribution in [2.75, 3.05) is 19.4 Å². The second-order valence-corrected chi connectivity index (χ2v) is 7.77. The molecular weight excluding hydrogens is 405 g/mol. The molecule has 0 aliphatic heterocycles. The van der Waals surface area contributed by atoms with Crippen LogP contribution in [0, 0.1) is 5.82 Å². The predicted octanol–water partition coefficient (Wildman–Crippen LogP) is 4.51. The summed E-state index contributed by atoms with van der Waals surface area (Å²) in [6.07, 6.45) is 2.45. The lowest BCUT2D eigenvalue weighted by atomic mass is 10.2. The standard InChI is InChI=1S/C22H24FN3O3S/c1-28-18-10-6-16(7-11-18)22-25-21(29-26-22)5-2-4-20(27)24-14-3-15-30-19-12-8-17(23)9-13-19/h6-13H,2-5,14-15H2,1H3,(H,24,27). The van der Waals surface area contributed by atoms with E-state index < -0.39 is 0 Å². The molecule has 0 fully saturated rings. The number of hydrogen-bond acceptors (Lipinski definition) is 6. The van der Waals surface area contributed by atoms with Gasteiger partial charge in [0.15, 0.2) is 0 Å². The number of thioether (sulfide) groups is 1. The molecule has 0 spiro atoms. The summed E-state index contributed by atoms with van der Waals surface area (Å²) in [5, 5.41) is 6.90. The number of ether oxygens (including phenoxy) is 1. The summed E-state index contributed by atoms with van der Waals surface area (Å²) >= 11 is 1.65. The number of benzene rings is 2. The van der Waals surface area contributed by atoms with Crippen LogP contribution in [-0.4, -0.2) is 35.5 Å². The Morgan fingerprint density at radius 1 is 1.13 bits per heavy atom. The average Bonchev–Trinajstić information content (AvgIpc) is 3.24. The van der Waals surface area contributed by atoms with E-state index in [-0.39, 0.29) is 11.7 Å². The van der Waals surface area contributed by atoms with Gasteiger partial charge in [-0.15, -0.1) is 11.8 Å². The summed E-state index contributed by atoms with van der Waals surface area (Å²) in [4.78, 5) is 17.4. The number of aryl methyl sites for hydroxylation is 1. The number of carbonyl (C=O) groups is 1. The van der Waals surface area contributed by atoms with Crippen molar-refractivity contribution in [2.45, 2.75) is 30.6 Å². The molecule has 30 heavy (non-hydrogen) atoms. The van der Waals surface area contributed by atoms with Gasteiger partial charge in [0, 0.05) is 29.8 Å². The molecule has 2 aromatic carbocycles. The Bertz CT molecular complexity index is 930. The van der Waals surface area contributed by atoms with Crippen molar-refractivity contribution in [2.24, 2.45) is 0 Å². The maximum atomic E-state index is 12.9. The number of hydrogen-bond donors (Lipinski definition) is 1. The number of nitrogens with one attached hydrogen (secondary N) is 1. The molecule has 1 aromatic heterocycles. The van der Waals surface area contributed by atoms with Crippen molar-refractivity contribution in [1.29, 1.82) is 0 Å². The normalized spacial score (nSPS) is 10.7. The maximum absolute atomic E-state index is 12.9. The number of carbonyl (C=O) groups excluding carboxylic acids is 1. The average molecular weight is 430 g/mol. The van der Waals surface area contributed by atoms with Crippen LogP contribution in [0.1, 0.15) is 25.2 Å². The maximum Gasteiger partial charge on any atom is 0.226 e. The van der Waals surface area contributed by atoms with Crippen LogP contribution in [0.25, 0.3) is 11.4 Å². The first kappa shape index (κ1) is 21.8. The van der Waals surface area contributed by atoms with Crippen LogP contribution < -0.4 is 10.1 Å². The van der Waals surface area contributed by atoms with Gasteiger partial charge in [0.2, 0.25) is 17.6 Å². The van der Waals surface area contributed by atoms with Crippen molar-refractivity contribution >= 4 is 17.7 Å². The molecule has 158 valence electrons. The molecule has 0 radical (unpaired) electrons. The number of nitrogens with zero attached hydrogens (tertiary/aromatic N) is 2. The minimum atomic E-state index is -0.232. The van der Waals surface area contributed by atoms with Crippen LogP contribution in [0.4, 0.5) is 4.39 Å². The van der Waals surface area contributed by atoms with E-state index in [9.17, 15) is 9.18 Å². The fourth-order valence-electron chi connectivity index (χ4n) is 2.72. The van der Waals surface area contributed by atoms with Crippen molar-refractivity contribution in [3.05, 3.63) is 60.2 Å². The Hall–Kier alpha value is -2.87. The molecule has 0 aliphatic rings. The van der Waals surface area contributed by atoms with Gasteiger partial charge in [0.25, 0.3) is 0 Å². The minimum Gasteiger partial charge on any atom is -0.497 e. The van der Waals surface area contributed by atoms with Gasteiger partial charge in [-0.25, -0.2) is 4.39 Å². The summed E-state index contributed by atoms with van der Waals surface area (Å²) in [6.45, 7) is 0.620. The van der Waals surface area contributed by atoms with Gasteiger partial charge in [-0.2, -0.15) is 4.98 Å². The molecule has 0 unspecified atom stereocenters. The van der Waals surface area contributed by atoms with E-state index in [4.69, 9.17) is 9.26 Å². The zero-order chi connectivity index (χ0) is 21.2. The fourth-order valence-corrected chi connectivity index (χ4v) is 3.58. The van der Waals surface area contributed by atoms with E-state index >= 15 is 0 Å². The van der Waals surface area contributed by atoms with Crippen LogP contribution in [-0.2, 0) is 11.2 Å². The van der Waals surface area contributed by atoms with Gasteiger partial charge < -0.3 is 14.6 Å². The third-order valence-electron chi connectivity index (χ3n) is 4.34. The number of rotatable bonds is 11. The summed E-state index contributed by atoms with van der Waals surface area (Å²) in [5.74, 6) is 2.45. The summed E-state index contributed by atoms with van der Waals surface area (Å²) in [6, 6.07) is 13.8. The summed E-state index contributed by atoms with van der Waals surface area (Å²) < 4.78 is 23.3. The quantitative estimate of drug-likeness (QED) is 0.357. The highest BCUT2D eigenvalue weighted by molar-refractivity contribution is 7.99. The fraction of sp³-hybridized carbons (Fsp3) is 0.318. The molecule has 0 saturated heterocycles. The predicted molar refractivity (Wildman–Crippen MR) is 114 cm³/mol. The van der Waals surface area contributed by atoms with Crippen LogP contribution in [0.2, 0.25) is 0 Å². The minimum absolute atomic E-state index is 0.0108. The Kier molecular flexibility index (Phi) is 8.26. The van der Waals surface area contributed by atoms with E-state index in [2.05, 4.69) is 15.5 Å². The van der Waals surface area contributed by atoms with E-state index in [1.165, 1.54) is 12.1 Å². The number of amides is 1. The molecule has 6 nitrogen and oxygen atoms in total. The van der Waals surface area contributed by atoms with Crippen LogP contribution in [0.3, 0.4) is 0 Å². The van der Waals surface area contributed by atoms with Crippen molar-refractivity contribution < 1.29 is 18.4 Å². The monoisotopic (exact) mass is 429 g/mol. The molecule has 1 heterocycles. The second-order valence-electron chi connectivity index (χ2n) is 6.60. The lowest BCUT2D eigenvalue weighted by Crippen LogP contribution is -2.24. The van der Waals surface area contributed by atoms with Gasteiger partial charge in [0.1, 0.15) is 11.6 Å². The third kappa shape index (κ3) is 6.88. The highest BCUT2D eigenvalue weighted by Crippen LogP contribution is 2.20. The topological polar surface area (TPSA) is 77.2 Å². The Morgan fingerprint density at radius 3 is 2.63 bits per heavy atom. The van der Waals surface area contributed by atoms with E-state index in [0.29, 0.717) is 37.5 Å². The van der Waals surface area contributed by atoms with Gasteiger partial charge in [-0.05, 0) is 67.1 Å². The zero-order valence-corrected chi connectivity index (χ0v) is 17.6. The van der Waals surface area contributed by atoms with Crippen LogP contribution in [0.15, 0.2) is 57.9 Å². The lowest BCUT2D eigenvalue weighted by Gasteiger charge is -2.05. The molecule has 3 rings (SSSR count). The van der Waals surface area contributed by atoms with Gasteiger partial charge in [0.05, 0.1) is 7.11 Å². The highest BCUT2D eigenvalue weighted by atomic mass is 32.2. The molecule has 0 aliphatic carbocycles.